The predicted molar refractivity (Wildman–Crippen MR) is 53.9 cm³/mol. The van der Waals surface area contributed by atoms with Gasteiger partial charge in [0.15, 0.2) is 0 Å². The number of aryl methyl sites for hydroxylation is 1. The average molecular weight is 195 g/mol. The molecule has 1 aromatic rings. The zero-order valence-electron chi connectivity index (χ0n) is 8.69. The SMILES string of the molecule is Cc1ccc(C(N)C2CCC(C)O2)o1. The molecule has 0 radical (unpaired) electrons. The molecule has 0 aromatic carbocycles. The van der Waals surface area contributed by atoms with E-state index in [1.165, 1.54) is 0 Å². The molecule has 1 aliphatic rings. The lowest BCUT2D eigenvalue weighted by Crippen LogP contribution is -2.25. The van der Waals surface area contributed by atoms with E-state index in [0.29, 0.717) is 6.10 Å². The second-order valence-corrected chi connectivity index (χ2v) is 4.04. The molecule has 0 spiro atoms. The Morgan fingerprint density at radius 2 is 2.21 bits per heavy atom. The smallest absolute Gasteiger partial charge is 0.123 e. The Hall–Kier alpha value is -0.800. The molecule has 1 aromatic heterocycles. The molecule has 1 aliphatic heterocycles. The first kappa shape index (κ1) is 9.74. The van der Waals surface area contributed by atoms with Crippen LogP contribution in [0.2, 0.25) is 0 Å². The largest absolute Gasteiger partial charge is 0.465 e. The monoisotopic (exact) mass is 195 g/mol. The summed E-state index contributed by atoms with van der Waals surface area (Å²) in [5.74, 6) is 1.74. The fourth-order valence-corrected chi connectivity index (χ4v) is 1.91. The zero-order chi connectivity index (χ0) is 10.1. The van der Waals surface area contributed by atoms with Crippen LogP contribution in [0.3, 0.4) is 0 Å². The van der Waals surface area contributed by atoms with Gasteiger partial charge in [-0.3, -0.25) is 0 Å². The Morgan fingerprint density at radius 3 is 2.71 bits per heavy atom. The van der Waals surface area contributed by atoms with Crippen molar-refractivity contribution >= 4 is 0 Å². The second-order valence-electron chi connectivity index (χ2n) is 4.04. The molecule has 0 aliphatic carbocycles. The highest BCUT2D eigenvalue weighted by Crippen LogP contribution is 2.29. The van der Waals surface area contributed by atoms with E-state index in [4.69, 9.17) is 14.9 Å². The van der Waals surface area contributed by atoms with Gasteiger partial charge in [0, 0.05) is 0 Å². The van der Waals surface area contributed by atoms with Crippen molar-refractivity contribution in [3.8, 4) is 0 Å². The lowest BCUT2D eigenvalue weighted by atomic mass is 10.1. The Morgan fingerprint density at radius 1 is 1.43 bits per heavy atom. The first-order chi connectivity index (χ1) is 6.66. The predicted octanol–water partition coefficient (Wildman–Crippen LogP) is 2.16. The molecule has 2 heterocycles. The Balaban J connectivity index is 2.05. The molecule has 2 N–H and O–H groups in total. The Labute approximate surface area is 84.2 Å². The third-order valence-electron chi connectivity index (χ3n) is 2.76. The van der Waals surface area contributed by atoms with Crippen molar-refractivity contribution in [2.75, 3.05) is 0 Å². The van der Waals surface area contributed by atoms with Crippen molar-refractivity contribution in [2.24, 2.45) is 5.73 Å². The van der Waals surface area contributed by atoms with Crippen LogP contribution in [-0.2, 0) is 4.74 Å². The van der Waals surface area contributed by atoms with Crippen molar-refractivity contribution in [1.29, 1.82) is 0 Å². The number of nitrogens with two attached hydrogens (primary N) is 1. The molecule has 14 heavy (non-hydrogen) atoms. The highest BCUT2D eigenvalue weighted by Gasteiger charge is 2.29. The summed E-state index contributed by atoms with van der Waals surface area (Å²) in [6.07, 6.45) is 2.58. The summed E-state index contributed by atoms with van der Waals surface area (Å²) in [6, 6.07) is 3.76. The third-order valence-corrected chi connectivity index (χ3v) is 2.76. The topological polar surface area (TPSA) is 48.4 Å². The molecule has 0 bridgehead atoms. The van der Waals surface area contributed by atoms with Crippen LogP contribution in [-0.4, -0.2) is 12.2 Å². The van der Waals surface area contributed by atoms with Gasteiger partial charge in [0.05, 0.1) is 18.2 Å². The maximum absolute atomic E-state index is 6.06. The summed E-state index contributed by atoms with van der Waals surface area (Å²) in [5.41, 5.74) is 6.06. The van der Waals surface area contributed by atoms with Crippen molar-refractivity contribution in [2.45, 2.75) is 44.9 Å². The maximum Gasteiger partial charge on any atom is 0.123 e. The number of hydrogen-bond donors (Lipinski definition) is 1. The van der Waals surface area contributed by atoms with E-state index < -0.39 is 0 Å². The van der Waals surface area contributed by atoms with E-state index in [1.807, 2.05) is 19.1 Å². The van der Waals surface area contributed by atoms with E-state index in [0.717, 1.165) is 24.4 Å². The summed E-state index contributed by atoms with van der Waals surface area (Å²) in [5, 5.41) is 0. The van der Waals surface area contributed by atoms with E-state index in [9.17, 15) is 0 Å². The molecule has 1 fully saturated rings. The highest BCUT2D eigenvalue weighted by atomic mass is 16.5. The number of ether oxygens (including phenoxy) is 1. The summed E-state index contributed by atoms with van der Waals surface area (Å²) in [7, 11) is 0. The van der Waals surface area contributed by atoms with Gasteiger partial charge >= 0.3 is 0 Å². The number of hydrogen-bond acceptors (Lipinski definition) is 3. The molecule has 0 saturated carbocycles. The Kier molecular flexibility index (Phi) is 2.61. The minimum Gasteiger partial charge on any atom is -0.465 e. The number of furan rings is 1. The van der Waals surface area contributed by atoms with E-state index in [-0.39, 0.29) is 12.1 Å². The molecule has 3 unspecified atom stereocenters. The fourth-order valence-electron chi connectivity index (χ4n) is 1.91. The normalized spacial score (nSPS) is 29.4. The van der Waals surface area contributed by atoms with Crippen LogP contribution >= 0.6 is 0 Å². The van der Waals surface area contributed by atoms with Gasteiger partial charge in [0.2, 0.25) is 0 Å². The van der Waals surface area contributed by atoms with Crippen LogP contribution < -0.4 is 5.73 Å². The second kappa shape index (κ2) is 3.75. The van der Waals surface area contributed by atoms with Crippen LogP contribution in [0.1, 0.15) is 37.3 Å². The van der Waals surface area contributed by atoms with Gasteiger partial charge in [-0.2, -0.15) is 0 Å². The summed E-state index contributed by atoms with van der Waals surface area (Å²) >= 11 is 0. The molecule has 0 amide bonds. The molecule has 78 valence electrons. The molecular weight excluding hydrogens is 178 g/mol. The van der Waals surface area contributed by atoms with Crippen LogP contribution in [0.4, 0.5) is 0 Å². The van der Waals surface area contributed by atoms with Crippen LogP contribution in [0.5, 0.6) is 0 Å². The molecule has 3 heteroatoms. The summed E-state index contributed by atoms with van der Waals surface area (Å²) in [4.78, 5) is 0. The average Bonchev–Trinajstić information content (AvgIpc) is 2.73. The van der Waals surface area contributed by atoms with E-state index in [2.05, 4.69) is 6.92 Å². The standard InChI is InChI=1S/C11H17NO2/c1-7-3-5-9(13-7)11(12)10-6-4-8(2)14-10/h3,5,8,10-11H,4,6,12H2,1-2H3. The van der Waals surface area contributed by atoms with Crippen LogP contribution in [0, 0.1) is 6.92 Å². The van der Waals surface area contributed by atoms with Gasteiger partial charge in [-0.25, -0.2) is 0 Å². The van der Waals surface area contributed by atoms with Gasteiger partial charge in [-0.1, -0.05) is 0 Å². The first-order valence-corrected chi connectivity index (χ1v) is 5.14. The number of rotatable bonds is 2. The molecule has 3 atom stereocenters. The Bertz CT molecular complexity index is 308. The van der Waals surface area contributed by atoms with E-state index in [1.54, 1.807) is 0 Å². The van der Waals surface area contributed by atoms with Crippen molar-refractivity contribution < 1.29 is 9.15 Å². The van der Waals surface area contributed by atoms with Crippen LogP contribution in [0.15, 0.2) is 16.5 Å². The highest BCUT2D eigenvalue weighted by molar-refractivity contribution is 5.11. The van der Waals surface area contributed by atoms with Crippen LogP contribution in [0.25, 0.3) is 0 Å². The lowest BCUT2D eigenvalue weighted by molar-refractivity contribution is 0.0357. The van der Waals surface area contributed by atoms with Gasteiger partial charge in [-0.15, -0.1) is 0 Å². The minimum absolute atomic E-state index is 0.117. The van der Waals surface area contributed by atoms with Gasteiger partial charge in [-0.05, 0) is 38.8 Å². The van der Waals surface area contributed by atoms with E-state index >= 15 is 0 Å². The first-order valence-electron chi connectivity index (χ1n) is 5.14. The molecule has 3 nitrogen and oxygen atoms in total. The van der Waals surface area contributed by atoms with Crippen molar-refractivity contribution in [1.82, 2.24) is 0 Å². The van der Waals surface area contributed by atoms with Crippen molar-refractivity contribution in [3.05, 3.63) is 23.7 Å². The summed E-state index contributed by atoms with van der Waals surface area (Å²) < 4.78 is 11.2. The fraction of sp³-hybridized carbons (Fsp3) is 0.636. The van der Waals surface area contributed by atoms with Gasteiger partial charge in [0.25, 0.3) is 0 Å². The lowest BCUT2D eigenvalue weighted by Gasteiger charge is -2.17. The molecule has 1 saturated heterocycles. The maximum atomic E-state index is 6.06. The molecular formula is C11H17NO2. The third kappa shape index (κ3) is 1.83. The summed E-state index contributed by atoms with van der Waals surface area (Å²) in [6.45, 7) is 4.01. The van der Waals surface area contributed by atoms with Gasteiger partial charge < -0.3 is 14.9 Å². The minimum atomic E-state index is -0.117. The quantitative estimate of drug-likeness (QED) is 0.786. The van der Waals surface area contributed by atoms with Gasteiger partial charge in [0.1, 0.15) is 11.5 Å². The van der Waals surface area contributed by atoms with Crippen molar-refractivity contribution in [3.63, 3.8) is 0 Å². The molecule has 2 rings (SSSR count). The zero-order valence-corrected chi connectivity index (χ0v) is 8.69.